The summed E-state index contributed by atoms with van der Waals surface area (Å²) >= 11 is 1.16. The molecule has 0 fully saturated rings. The highest BCUT2D eigenvalue weighted by Crippen LogP contribution is 2.35. The van der Waals surface area contributed by atoms with Crippen LogP contribution in [0.25, 0.3) is 0 Å². The van der Waals surface area contributed by atoms with E-state index in [2.05, 4.69) is 21.0 Å². The number of aromatic nitrogens is 3. The highest BCUT2D eigenvalue weighted by atomic mass is 32.2. The number of para-hydroxylation sites is 2. The van der Waals surface area contributed by atoms with Crippen LogP contribution in [-0.2, 0) is 11.8 Å². The lowest BCUT2D eigenvalue weighted by atomic mass is 10.2. The number of hydrogen-bond acceptors (Lipinski definition) is 7. The lowest BCUT2D eigenvalue weighted by Crippen LogP contribution is -2.42. The third-order valence-electron chi connectivity index (χ3n) is 4.42. The lowest BCUT2D eigenvalue weighted by Gasteiger charge is -2.25. The molecule has 3 aromatic rings. The van der Waals surface area contributed by atoms with Crippen LogP contribution in [0.5, 0.6) is 11.5 Å². The van der Waals surface area contributed by atoms with Crippen LogP contribution in [0.4, 0.5) is 4.39 Å². The SMILES string of the molecule is Cn1c(SCC(=O)NNC(=O)c2ccc(F)cc2)nnc1C1COc2ccccc2O1. The molecule has 0 radical (unpaired) electrons. The Hall–Kier alpha value is -3.60. The smallest absolute Gasteiger partial charge is 0.269 e. The topological polar surface area (TPSA) is 107 Å². The van der Waals surface area contributed by atoms with Gasteiger partial charge in [-0.2, -0.15) is 0 Å². The number of carbonyl (C=O) groups excluding carboxylic acids is 2. The van der Waals surface area contributed by atoms with Crippen molar-refractivity contribution in [3.05, 3.63) is 65.7 Å². The van der Waals surface area contributed by atoms with E-state index in [1.165, 1.54) is 12.1 Å². The summed E-state index contributed by atoms with van der Waals surface area (Å²) in [6.45, 7) is 0.295. The van der Waals surface area contributed by atoms with Crippen LogP contribution < -0.4 is 20.3 Å². The van der Waals surface area contributed by atoms with Gasteiger partial charge in [0.25, 0.3) is 5.91 Å². The number of thioether (sulfide) groups is 1. The summed E-state index contributed by atoms with van der Waals surface area (Å²) in [6, 6.07) is 12.3. The molecule has 0 spiro atoms. The number of hydrogen-bond donors (Lipinski definition) is 2. The molecule has 2 aromatic carbocycles. The number of carbonyl (C=O) groups is 2. The van der Waals surface area contributed by atoms with Gasteiger partial charge in [0.1, 0.15) is 12.4 Å². The van der Waals surface area contributed by atoms with Gasteiger partial charge in [0, 0.05) is 12.6 Å². The number of nitrogens with zero attached hydrogens (tertiary/aromatic N) is 3. The van der Waals surface area contributed by atoms with E-state index in [1.807, 2.05) is 24.3 Å². The average molecular weight is 443 g/mol. The summed E-state index contributed by atoms with van der Waals surface area (Å²) < 4.78 is 26.3. The Morgan fingerprint density at radius 3 is 2.65 bits per heavy atom. The number of ether oxygens (including phenoxy) is 2. The third kappa shape index (κ3) is 4.77. The van der Waals surface area contributed by atoms with Crippen molar-refractivity contribution in [1.82, 2.24) is 25.6 Å². The summed E-state index contributed by atoms with van der Waals surface area (Å²) in [5, 5.41) is 8.79. The molecule has 1 aliphatic heterocycles. The maximum Gasteiger partial charge on any atom is 0.269 e. The molecule has 0 saturated heterocycles. The Kier molecular flexibility index (Phi) is 6.03. The summed E-state index contributed by atoms with van der Waals surface area (Å²) in [7, 11) is 1.77. The Bertz CT molecular complexity index is 1110. The van der Waals surface area contributed by atoms with Crippen molar-refractivity contribution < 1.29 is 23.5 Å². The van der Waals surface area contributed by atoms with Crippen LogP contribution >= 0.6 is 11.8 Å². The molecular weight excluding hydrogens is 425 g/mol. The highest BCUT2D eigenvalue weighted by molar-refractivity contribution is 7.99. The van der Waals surface area contributed by atoms with Crippen molar-refractivity contribution in [3.8, 4) is 11.5 Å². The van der Waals surface area contributed by atoms with Gasteiger partial charge in [0.2, 0.25) is 5.91 Å². The second-order valence-electron chi connectivity index (χ2n) is 6.56. The van der Waals surface area contributed by atoms with Crippen molar-refractivity contribution in [2.24, 2.45) is 7.05 Å². The van der Waals surface area contributed by atoms with Gasteiger partial charge in [-0.25, -0.2) is 4.39 Å². The van der Waals surface area contributed by atoms with Gasteiger partial charge in [-0.1, -0.05) is 23.9 Å². The molecule has 1 aliphatic rings. The summed E-state index contributed by atoms with van der Waals surface area (Å²) in [6.07, 6.45) is -0.425. The summed E-state index contributed by atoms with van der Waals surface area (Å²) in [5.41, 5.74) is 4.82. The maximum absolute atomic E-state index is 12.9. The number of rotatable bonds is 5. The van der Waals surface area contributed by atoms with Gasteiger partial charge in [-0.3, -0.25) is 20.4 Å². The largest absolute Gasteiger partial charge is 0.485 e. The lowest BCUT2D eigenvalue weighted by molar-refractivity contribution is -0.119. The van der Waals surface area contributed by atoms with Crippen LogP contribution in [0.1, 0.15) is 22.3 Å². The van der Waals surface area contributed by atoms with Crippen molar-refractivity contribution in [2.75, 3.05) is 12.4 Å². The van der Waals surface area contributed by atoms with Gasteiger partial charge in [0.05, 0.1) is 5.75 Å². The fourth-order valence-electron chi connectivity index (χ4n) is 2.85. The molecule has 1 atom stereocenters. The fourth-order valence-corrected chi connectivity index (χ4v) is 3.56. The number of nitrogens with one attached hydrogen (secondary N) is 2. The van der Waals surface area contributed by atoms with Gasteiger partial charge in [-0.15, -0.1) is 10.2 Å². The first-order valence-corrected chi connectivity index (χ1v) is 10.2. The van der Waals surface area contributed by atoms with Crippen molar-refractivity contribution in [1.29, 1.82) is 0 Å². The predicted octanol–water partition coefficient (Wildman–Crippen LogP) is 2.02. The van der Waals surface area contributed by atoms with Crippen molar-refractivity contribution in [2.45, 2.75) is 11.3 Å². The molecule has 1 aromatic heterocycles. The average Bonchev–Trinajstić information content (AvgIpc) is 3.16. The Morgan fingerprint density at radius 1 is 1.13 bits per heavy atom. The zero-order chi connectivity index (χ0) is 21.8. The second-order valence-corrected chi connectivity index (χ2v) is 7.50. The Labute approximate surface area is 180 Å². The molecule has 0 bridgehead atoms. The zero-order valence-electron chi connectivity index (χ0n) is 16.4. The molecule has 160 valence electrons. The summed E-state index contributed by atoms with van der Waals surface area (Å²) in [4.78, 5) is 24.0. The van der Waals surface area contributed by atoms with E-state index >= 15 is 0 Å². The monoisotopic (exact) mass is 443 g/mol. The number of fused-ring (bicyclic) bond motifs is 1. The van der Waals surface area contributed by atoms with E-state index in [-0.39, 0.29) is 11.3 Å². The Morgan fingerprint density at radius 2 is 1.87 bits per heavy atom. The highest BCUT2D eigenvalue weighted by Gasteiger charge is 2.27. The van der Waals surface area contributed by atoms with Gasteiger partial charge < -0.3 is 14.0 Å². The van der Waals surface area contributed by atoms with Gasteiger partial charge >= 0.3 is 0 Å². The normalized spacial score (nSPS) is 14.7. The molecule has 2 heterocycles. The summed E-state index contributed by atoms with van der Waals surface area (Å²) in [5.74, 6) is 0.448. The molecule has 4 rings (SSSR count). The predicted molar refractivity (Wildman–Crippen MR) is 109 cm³/mol. The first kappa shape index (κ1) is 20.7. The molecule has 11 heteroatoms. The third-order valence-corrected chi connectivity index (χ3v) is 5.44. The molecule has 1 unspecified atom stereocenters. The molecule has 9 nitrogen and oxygen atoms in total. The van der Waals surface area contributed by atoms with Crippen LogP contribution in [0, 0.1) is 5.82 Å². The minimum absolute atomic E-state index is 0.000524. The van der Waals surface area contributed by atoms with Crippen LogP contribution in [0.2, 0.25) is 0 Å². The van der Waals surface area contributed by atoms with E-state index in [1.54, 1.807) is 11.6 Å². The van der Waals surface area contributed by atoms with Crippen LogP contribution in [0.3, 0.4) is 0 Å². The van der Waals surface area contributed by atoms with E-state index in [0.717, 1.165) is 23.9 Å². The van der Waals surface area contributed by atoms with Crippen LogP contribution in [-0.4, -0.2) is 38.9 Å². The minimum Gasteiger partial charge on any atom is -0.485 e. The Balaban J connectivity index is 1.29. The maximum atomic E-state index is 12.9. The van der Waals surface area contributed by atoms with Gasteiger partial charge in [-0.05, 0) is 36.4 Å². The molecule has 0 aliphatic carbocycles. The van der Waals surface area contributed by atoms with Gasteiger partial charge in [0.15, 0.2) is 28.6 Å². The number of benzene rings is 2. The van der Waals surface area contributed by atoms with Crippen molar-refractivity contribution >= 4 is 23.6 Å². The van der Waals surface area contributed by atoms with Crippen LogP contribution in [0.15, 0.2) is 53.7 Å². The van der Waals surface area contributed by atoms with Crippen molar-refractivity contribution in [3.63, 3.8) is 0 Å². The molecule has 31 heavy (non-hydrogen) atoms. The van der Waals surface area contributed by atoms with E-state index in [4.69, 9.17) is 9.47 Å². The number of amides is 2. The number of hydrazine groups is 1. The molecule has 2 amide bonds. The first-order valence-electron chi connectivity index (χ1n) is 9.26. The molecular formula is C20H18FN5O4S. The fraction of sp³-hybridized carbons (Fsp3) is 0.200. The van der Waals surface area contributed by atoms with E-state index in [9.17, 15) is 14.0 Å². The number of halogens is 1. The first-order chi connectivity index (χ1) is 15.0. The minimum atomic E-state index is -0.547. The quantitative estimate of drug-likeness (QED) is 0.459. The van der Waals surface area contributed by atoms with E-state index in [0.29, 0.717) is 29.1 Å². The molecule has 0 saturated carbocycles. The molecule has 2 N–H and O–H groups in total. The van der Waals surface area contributed by atoms with E-state index < -0.39 is 23.7 Å². The standard InChI is InChI=1S/C20H18FN5O4S/c1-26-18(16-10-29-14-4-2-3-5-15(14)30-16)23-25-20(26)31-11-17(27)22-24-19(28)12-6-8-13(21)9-7-12/h2-9,16H,10-11H2,1H3,(H,22,27)(H,24,28). The zero-order valence-corrected chi connectivity index (χ0v) is 17.2. The second kappa shape index (κ2) is 9.04.